The Morgan fingerprint density at radius 2 is 2.05 bits per heavy atom. The van der Waals surface area contributed by atoms with Gasteiger partial charge in [-0.25, -0.2) is 0 Å². The van der Waals surface area contributed by atoms with Crippen LogP contribution in [0.25, 0.3) is 11.5 Å². The molecular weight excluding hydrogens is 290 g/mol. The Bertz CT molecular complexity index is 667. The number of carbonyl (C=O) groups is 1. The number of hydrogen-bond donors (Lipinski definition) is 1. The second-order valence-corrected chi connectivity index (χ2v) is 4.65. The molecule has 0 aliphatic heterocycles. The third-order valence-corrected chi connectivity index (χ3v) is 2.89. The molecule has 0 bridgehead atoms. The Morgan fingerprint density at radius 3 is 2.64 bits per heavy atom. The van der Waals surface area contributed by atoms with Crippen molar-refractivity contribution in [2.45, 2.75) is 6.54 Å². The number of benzene rings is 1. The number of nitrogens with one attached hydrogen (secondary N) is 1. The van der Waals surface area contributed by atoms with Crippen LogP contribution in [-0.4, -0.2) is 46.6 Å². The molecule has 1 amide bonds. The Kier molecular flexibility index (Phi) is 4.79. The second kappa shape index (κ2) is 6.76. The number of nitro benzene ring substituents is 1. The molecule has 0 fully saturated rings. The van der Waals surface area contributed by atoms with Gasteiger partial charge >= 0.3 is 0 Å². The molecular formula is C13H15N5O4. The third-order valence-electron chi connectivity index (χ3n) is 2.89. The summed E-state index contributed by atoms with van der Waals surface area (Å²) in [5.74, 6) is 0.524. The van der Waals surface area contributed by atoms with Gasteiger partial charge in [0.1, 0.15) is 0 Å². The van der Waals surface area contributed by atoms with Gasteiger partial charge in [0.05, 0.1) is 18.0 Å². The lowest BCUT2D eigenvalue weighted by atomic mass is 10.2. The molecule has 22 heavy (non-hydrogen) atoms. The van der Waals surface area contributed by atoms with Crippen molar-refractivity contribution in [3.05, 3.63) is 40.3 Å². The summed E-state index contributed by atoms with van der Waals surface area (Å²) in [5, 5.41) is 20.9. The third kappa shape index (κ3) is 3.85. The predicted octanol–water partition coefficient (Wildman–Crippen LogP) is 0.823. The van der Waals surface area contributed by atoms with Crippen molar-refractivity contribution in [3.8, 4) is 11.5 Å². The fraction of sp³-hybridized carbons (Fsp3) is 0.308. The molecule has 1 N–H and O–H groups in total. The van der Waals surface area contributed by atoms with Gasteiger partial charge in [-0.2, -0.15) is 0 Å². The summed E-state index contributed by atoms with van der Waals surface area (Å²) in [7, 11) is 3.32. The van der Waals surface area contributed by atoms with E-state index in [9.17, 15) is 14.9 Å². The lowest BCUT2D eigenvalue weighted by molar-refractivity contribution is -0.384. The summed E-state index contributed by atoms with van der Waals surface area (Å²) < 4.78 is 5.49. The quantitative estimate of drug-likeness (QED) is 0.620. The first kappa shape index (κ1) is 15.6. The van der Waals surface area contributed by atoms with Crippen molar-refractivity contribution in [2.75, 3.05) is 20.6 Å². The van der Waals surface area contributed by atoms with Crippen LogP contribution in [0.5, 0.6) is 0 Å². The number of nitro groups is 1. The molecule has 9 heteroatoms. The van der Waals surface area contributed by atoms with E-state index in [1.54, 1.807) is 31.1 Å². The molecule has 1 aromatic heterocycles. The zero-order valence-corrected chi connectivity index (χ0v) is 12.1. The van der Waals surface area contributed by atoms with Crippen LogP contribution in [0.3, 0.4) is 0 Å². The molecule has 2 aromatic rings. The van der Waals surface area contributed by atoms with Gasteiger partial charge in [-0.3, -0.25) is 19.8 Å². The van der Waals surface area contributed by atoms with Crippen LogP contribution >= 0.6 is 0 Å². The fourth-order valence-electron chi connectivity index (χ4n) is 1.77. The summed E-state index contributed by atoms with van der Waals surface area (Å²) in [4.78, 5) is 23.1. The van der Waals surface area contributed by atoms with Gasteiger partial charge in [-0.1, -0.05) is 0 Å². The molecule has 0 saturated carbocycles. The van der Waals surface area contributed by atoms with Crippen LogP contribution in [0.1, 0.15) is 5.89 Å². The second-order valence-electron chi connectivity index (χ2n) is 4.65. The maximum atomic E-state index is 11.3. The van der Waals surface area contributed by atoms with Gasteiger partial charge in [-0.15, -0.1) is 10.2 Å². The van der Waals surface area contributed by atoms with Crippen molar-refractivity contribution < 1.29 is 14.1 Å². The van der Waals surface area contributed by atoms with Crippen LogP contribution < -0.4 is 5.32 Å². The lowest BCUT2D eigenvalue weighted by Gasteiger charge is -2.12. The maximum Gasteiger partial charge on any atom is 0.269 e. The largest absolute Gasteiger partial charge is 0.419 e. The summed E-state index contributed by atoms with van der Waals surface area (Å²) in [6.45, 7) is 0.541. The van der Waals surface area contributed by atoms with E-state index in [1.807, 2.05) is 0 Å². The zero-order chi connectivity index (χ0) is 16.1. The monoisotopic (exact) mass is 305 g/mol. The fourth-order valence-corrected chi connectivity index (χ4v) is 1.77. The smallest absolute Gasteiger partial charge is 0.269 e. The molecule has 116 valence electrons. The predicted molar refractivity (Wildman–Crippen MR) is 76.8 cm³/mol. The molecule has 1 heterocycles. The standard InChI is InChI=1S/C13H15N5O4/c1-14-11(19)7-17(2)8-12-15-16-13(22-12)9-3-5-10(6-4-9)18(20)21/h3-6H,7-8H2,1-2H3,(H,14,19). The average Bonchev–Trinajstić information content (AvgIpc) is 2.95. The molecule has 0 atom stereocenters. The average molecular weight is 305 g/mol. The summed E-state index contributed by atoms with van der Waals surface area (Å²) in [5.41, 5.74) is 0.590. The highest BCUT2D eigenvalue weighted by Crippen LogP contribution is 2.21. The molecule has 9 nitrogen and oxygen atoms in total. The normalized spacial score (nSPS) is 10.7. The van der Waals surface area contributed by atoms with Crippen molar-refractivity contribution in [1.29, 1.82) is 0 Å². The van der Waals surface area contributed by atoms with Crippen LogP contribution in [0.15, 0.2) is 28.7 Å². The molecule has 0 spiro atoms. The number of hydrogen-bond acceptors (Lipinski definition) is 7. The van der Waals surface area contributed by atoms with Gasteiger partial charge in [0, 0.05) is 24.7 Å². The first-order valence-corrected chi connectivity index (χ1v) is 6.46. The van der Waals surface area contributed by atoms with E-state index in [0.29, 0.717) is 18.0 Å². The SMILES string of the molecule is CNC(=O)CN(C)Cc1nnc(-c2ccc([N+](=O)[O-])cc2)o1. The molecule has 0 aliphatic carbocycles. The van der Waals surface area contributed by atoms with E-state index in [4.69, 9.17) is 4.42 Å². The highest BCUT2D eigenvalue weighted by molar-refractivity contribution is 5.77. The minimum atomic E-state index is -0.475. The Morgan fingerprint density at radius 1 is 1.36 bits per heavy atom. The number of amides is 1. The van der Waals surface area contributed by atoms with Gasteiger partial charge in [-0.05, 0) is 19.2 Å². The highest BCUT2D eigenvalue weighted by Gasteiger charge is 2.13. The van der Waals surface area contributed by atoms with E-state index < -0.39 is 4.92 Å². The van der Waals surface area contributed by atoms with Gasteiger partial charge in [0.2, 0.25) is 17.7 Å². The maximum absolute atomic E-state index is 11.3. The number of non-ortho nitro benzene ring substituents is 1. The molecule has 0 unspecified atom stereocenters. The molecule has 1 aromatic carbocycles. The van der Waals surface area contributed by atoms with Gasteiger partial charge in [0.25, 0.3) is 5.69 Å². The summed E-state index contributed by atoms with van der Waals surface area (Å²) >= 11 is 0. The molecule has 0 radical (unpaired) electrons. The summed E-state index contributed by atoms with van der Waals surface area (Å²) in [6.07, 6.45) is 0. The van der Waals surface area contributed by atoms with Crippen LogP contribution in [0, 0.1) is 10.1 Å². The topological polar surface area (TPSA) is 114 Å². The summed E-state index contributed by atoms with van der Waals surface area (Å²) in [6, 6.07) is 5.83. The van der Waals surface area contributed by atoms with Gasteiger partial charge in [0.15, 0.2) is 0 Å². The van der Waals surface area contributed by atoms with Crippen molar-refractivity contribution in [3.63, 3.8) is 0 Å². The van der Waals surface area contributed by atoms with E-state index in [-0.39, 0.29) is 24.0 Å². The number of likely N-dealkylation sites (N-methyl/N-ethyl adjacent to an activating group) is 2. The first-order chi connectivity index (χ1) is 10.5. The number of rotatable bonds is 6. The lowest BCUT2D eigenvalue weighted by Crippen LogP contribution is -2.32. The highest BCUT2D eigenvalue weighted by atomic mass is 16.6. The van der Waals surface area contributed by atoms with Gasteiger partial charge < -0.3 is 9.73 Å². The number of nitrogens with zero attached hydrogens (tertiary/aromatic N) is 4. The van der Waals surface area contributed by atoms with Crippen molar-refractivity contribution >= 4 is 11.6 Å². The minimum absolute atomic E-state index is 0.00574. The van der Waals surface area contributed by atoms with Crippen LogP contribution in [0.4, 0.5) is 5.69 Å². The number of aromatic nitrogens is 2. The van der Waals surface area contributed by atoms with E-state index in [1.165, 1.54) is 12.1 Å². The zero-order valence-electron chi connectivity index (χ0n) is 12.1. The van der Waals surface area contributed by atoms with E-state index in [2.05, 4.69) is 15.5 Å². The molecule has 2 rings (SSSR count). The van der Waals surface area contributed by atoms with E-state index in [0.717, 1.165) is 0 Å². The minimum Gasteiger partial charge on any atom is -0.419 e. The van der Waals surface area contributed by atoms with Crippen LogP contribution in [-0.2, 0) is 11.3 Å². The Labute approximate surface area is 126 Å². The van der Waals surface area contributed by atoms with E-state index >= 15 is 0 Å². The first-order valence-electron chi connectivity index (χ1n) is 6.46. The molecule has 0 saturated heterocycles. The van der Waals surface area contributed by atoms with Crippen LogP contribution in [0.2, 0.25) is 0 Å². The Hall–Kier alpha value is -2.81. The van der Waals surface area contributed by atoms with Crippen molar-refractivity contribution in [2.24, 2.45) is 0 Å². The number of carbonyl (C=O) groups excluding carboxylic acids is 1. The Balaban J connectivity index is 2.04. The van der Waals surface area contributed by atoms with Crippen molar-refractivity contribution in [1.82, 2.24) is 20.4 Å². The molecule has 0 aliphatic rings.